The molecule has 3 amide bonds. The molecule has 4 aromatic carbocycles. The van der Waals surface area contributed by atoms with Gasteiger partial charge in [0.1, 0.15) is 5.70 Å². The number of anilines is 2. The van der Waals surface area contributed by atoms with Gasteiger partial charge in [-0.25, -0.2) is 4.79 Å². The van der Waals surface area contributed by atoms with Gasteiger partial charge in [0.2, 0.25) is 5.91 Å². The summed E-state index contributed by atoms with van der Waals surface area (Å²) in [4.78, 5) is 51.0. The molecule has 42 heavy (non-hydrogen) atoms. The van der Waals surface area contributed by atoms with Crippen molar-refractivity contribution in [3.63, 3.8) is 0 Å². The molecule has 8 nitrogen and oxygen atoms in total. The second kappa shape index (κ2) is 15.0. The predicted octanol–water partition coefficient (Wildman–Crippen LogP) is 6.00. The number of carbonyl (C=O) groups excluding carboxylic acids is 4. The van der Waals surface area contributed by atoms with E-state index >= 15 is 0 Å². The van der Waals surface area contributed by atoms with Gasteiger partial charge in [-0.15, -0.1) is 11.8 Å². The standard InChI is InChI=1S/C33H29N3O5S/c1-2-41-33(40)25-13-15-26(16-14-25)34-30(37)22-42-28-19-17-27(18-20-28)35-32(39)29(21-23-9-5-3-6-10-23)36-31(38)24-11-7-4-8-12-24/h3-21H,2,22H2,1H3,(H,34,37)(H,35,39)(H,36,38)/b29-21-. The predicted molar refractivity (Wildman–Crippen MR) is 165 cm³/mol. The van der Waals surface area contributed by atoms with Crippen LogP contribution in [0.4, 0.5) is 11.4 Å². The van der Waals surface area contributed by atoms with Crippen LogP contribution < -0.4 is 16.0 Å². The Labute approximate surface area is 248 Å². The first kappa shape index (κ1) is 29.8. The van der Waals surface area contributed by atoms with Crippen LogP contribution in [0.1, 0.15) is 33.2 Å². The third kappa shape index (κ3) is 8.94. The second-order valence-electron chi connectivity index (χ2n) is 8.90. The summed E-state index contributed by atoms with van der Waals surface area (Å²) in [6.45, 7) is 2.03. The number of carbonyl (C=O) groups is 4. The molecule has 0 fully saturated rings. The summed E-state index contributed by atoms with van der Waals surface area (Å²) in [5.41, 5.74) is 2.81. The molecule has 0 spiro atoms. The van der Waals surface area contributed by atoms with Crippen molar-refractivity contribution >= 4 is 52.9 Å². The molecule has 0 bridgehead atoms. The van der Waals surface area contributed by atoms with Gasteiger partial charge in [-0.1, -0.05) is 48.5 Å². The molecule has 0 aliphatic carbocycles. The van der Waals surface area contributed by atoms with Crippen molar-refractivity contribution in [2.24, 2.45) is 0 Å². The number of hydrogen-bond acceptors (Lipinski definition) is 6. The summed E-state index contributed by atoms with van der Waals surface area (Å²) >= 11 is 1.34. The maximum absolute atomic E-state index is 13.2. The largest absolute Gasteiger partial charge is 0.462 e. The van der Waals surface area contributed by atoms with Crippen LogP contribution in [0.2, 0.25) is 0 Å². The maximum Gasteiger partial charge on any atom is 0.338 e. The fourth-order valence-electron chi connectivity index (χ4n) is 3.74. The summed E-state index contributed by atoms with van der Waals surface area (Å²) in [6.07, 6.45) is 1.61. The summed E-state index contributed by atoms with van der Waals surface area (Å²) in [7, 11) is 0. The van der Waals surface area contributed by atoms with Crippen molar-refractivity contribution in [3.8, 4) is 0 Å². The van der Waals surface area contributed by atoms with Crippen molar-refractivity contribution in [3.05, 3.63) is 132 Å². The normalized spacial score (nSPS) is 10.8. The molecular weight excluding hydrogens is 550 g/mol. The van der Waals surface area contributed by atoms with Gasteiger partial charge in [0, 0.05) is 21.8 Å². The quantitative estimate of drug-likeness (QED) is 0.114. The summed E-state index contributed by atoms with van der Waals surface area (Å²) < 4.78 is 4.96. The summed E-state index contributed by atoms with van der Waals surface area (Å²) in [5, 5.41) is 8.34. The van der Waals surface area contributed by atoms with Crippen LogP contribution in [-0.2, 0) is 14.3 Å². The number of rotatable bonds is 11. The van der Waals surface area contributed by atoms with Crippen molar-refractivity contribution in [1.82, 2.24) is 5.32 Å². The highest BCUT2D eigenvalue weighted by atomic mass is 32.2. The van der Waals surface area contributed by atoms with Crippen molar-refractivity contribution in [2.75, 3.05) is 23.0 Å². The molecule has 0 saturated heterocycles. The smallest absolute Gasteiger partial charge is 0.338 e. The van der Waals surface area contributed by atoms with Gasteiger partial charge in [-0.3, -0.25) is 14.4 Å². The van der Waals surface area contributed by atoms with Gasteiger partial charge in [0.25, 0.3) is 11.8 Å². The molecule has 0 radical (unpaired) electrons. The van der Waals surface area contributed by atoms with Crippen LogP contribution in [-0.4, -0.2) is 36.1 Å². The lowest BCUT2D eigenvalue weighted by molar-refractivity contribution is -0.114. The van der Waals surface area contributed by atoms with Crippen LogP contribution in [0.25, 0.3) is 6.08 Å². The number of benzene rings is 4. The average Bonchev–Trinajstić information content (AvgIpc) is 3.01. The summed E-state index contributed by atoms with van der Waals surface area (Å²) in [5.74, 6) is -1.32. The highest BCUT2D eigenvalue weighted by molar-refractivity contribution is 8.00. The molecular formula is C33H29N3O5S. The molecule has 0 aliphatic rings. The van der Waals surface area contributed by atoms with Gasteiger partial charge >= 0.3 is 5.97 Å². The SMILES string of the molecule is CCOC(=O)c1ccc(NC(=O)CSc2ccc(NC(=O)/C(=C/c3ccccc3)NC(=O)c3ccccc3)cc2)cc1. The average molecular weight is 580 g/mol. The lowest BCUT2D eigenvalue weighted by Crippen LogP contribution is -2.30. The third-order valence-electron chi connectivity index (χ3n) is 5.80. The van der Waals surface area contributed by atoms with Crippen LogP contribution in [0, 0.1) is 0 Å². The molecule has 0 unspecified atom stereocenters. The zero-order chi connectivity index (χ0) is 29.7. The molecule has 0 atom stereocenters. The topological polar surface area (TPSA) is 114 Å². The molecule has 0 heterocycles. The van der Waals surface area contributed by atoms with Crippen LogP contribution in [0.3, 0.4) is 0 Å². The van der Waals surface area contributed by atoms with Crippen molar-refractivity contribution < 1.29 is 23.9 Å². The highest BCUT2D eigenvalue weighted by Gasteiger charge is 2.15. The van der Waals surface area contributed by atoms with E-state index in [1.165, 1.54) is 11.8 Å². The van der Waals surface area contributed by atoms with E-state index in [0.717, 1.165) is 10.5 Å². The molecule has 0 aliphatic heterocycles. The molecule has 212 valence electrons. The van der Waals surface area contributed by atoms with Gasteiger partial charge in [-0.05, 0) is 79.2 Å². The monoisotopic (exact) mass is 579 g/mol. The fraction of sp³-hybridized carbons (Fsp3) is 0.0909. The number of ether oxygens (including phenoxy) is 1. The molecule has 0 aromatic heterocycles. The van der Waals surface area contributed by atoms with E-state index in [2.05, 4.69) is 16.0 Å². The Bertz CT molecular complexity index is 1560. The number of amides is 3. The van der Waals surface area contributed by atoms with Crippen molar-refractivity contribution in [1.29, 1.82) is 0 Å². The van der Waals surface area contributed by atoms with Gasteiger partial charge in [0.05, 0.1) is 17.9 Å². The van der Waals surface area contributed by atoms with E-state index in [-0.39, 0.29) is 17.4 Å². The number of nitrogens with one attached hydrogen (secondary N) is 3. The minimum absolute atomic E-state index is 0.0977. The number of esters is 1. The lowest BCUT2D eigenvalue weighted by atomic mass is 10.1. The van der Waals surface area contributed by atoms with Crippen LogP contribution in [0.15, 0.2) is 120 Å². The maximum atomic E-state index is 13.2. The first-order valence-corrected chi connectivity index (χ1v) is 14.1. The minimum Gasteiger partial charge on any atom is -0.462 e. The van der Waals surface area contributed by atoms with Crippen LogP contribution in [0.5, 0.6) is 0 Å². The Morgan fingerprint density at radius 1 is 0.714 bits per heavy atom. The van der Waals surface area contributed by atoms with Crippen LogP contribution >= 0.6 is 11.8 Å². The first-order valence-electron chi connectivity index (χ1n) is 13.2. The molecule has 9 heteroatoms. The molecule has 3 N–H and O–H groups in total. The van der Waals surface area contributed by atoms with Crippen molar-refractivity contribution in [2.45, 2.75) is 11.8 Å². The fourth-order valence-corrected chi connectivity index (χ4v) is 4.44. The first-order chi connectivity index (χ1) is 20.4. The van der Waals surface area contributed by atoms with E-state index in [9.17, 15) is 19.2 Å². The Balaban J connectivity index is 1.34. The van der Waals surface area contributed by atoms with Gasteiger partial charge in [-0.2, -0.15) is 0 Å². The number of thioether (sulfide) groups is 1. The molecule has 4 rings (SSSR count). The highest BCUT2D eigenvalue weighted by Crippen LogP contribution is 2.21. The Hall–Kier alpha value is -5.15. The third-order valence-corrected chi connectivity index (χ3v) is 6.81. The lowest BCUT2D eigenvalue weighted by Gasteiger charge is -2.12. The Morgan fingerprint density at radius 2 is 1.31 bits per heavy atom. The summed E-state index contributed by atoms with van der Waals surface area (Å²) in [6, 6.07) is 31.4. The molecule has 4 aromatic rings. The number of hydrogen-bond donors (Lipinski definition) is 3. The van der Waals surface area contributed by atoms with Gasteiger partial charge in [0.15, 0.2) is 0 Å². The Morgan fingerprint density at radius 3 is 1.95 bits per heavy atom. The zero-order valence-electron chi connectivity index (χ0n) is 22.8. The van der Waals surface area contributed by atoms with E-state index in [1.54, 1.807) is 85.8 Å². The van der Waals surface area contributed by atoms with Gasteiger partial charge < -0.3 is 20.7 Å². The Kier molecular flexibility index (Phi) is 10.7. The van der Waals surface area contributed by atoms with E-state index in [1.807, 2.05) is 36.4 Å². The van der Waals surface area contributed by atoms with E-state index in [4.69, 9.17) is 4.74 Å². The van der Waals surface area contributed by atoms with E-state index < -0.39 is 17.8 Å². The van der Waals surface area contributed by atoms with E-state index in [0.29, 0.717) is 29.1 Å². The zero-order valence-corrected chi connectivity index (χ0v) is 23.6. The molecule has 0 saturated carbocycles. The second-order valence-corrected chi connectivity index (χ2v) is 9.95. The minimum atomic E-state index is -0.475.